The number of rotatable bonds is 11. The lowest BCUT2D eigenvalue weighted by molar-refractivity contribution is -0.299. The molecule has 56 heavy (non-hydrogen) atoms. The van der Waals surface area contributed by atoms with Gasteiger partial charge in [0, 0.05) is 37.0 Å². The zero-order valence-corrected chi connectivity index (χ0v) is 33.0. The highest BCUT2D eigenvalue weighted by Gasteiger charge is 2.74. The van der Waals surface area contributed by atoms with E-state index in [4.69, 9.17) is 18.9 Å². The van der Waals surface area contributed by atoms with Crippen LogP contribution in [0.25, 0.3) is 0 Å². The first kappa shape index (κ1) is 43.9. The summed E-state index contributed by atoms with van der Waals surface area (Å²) in [6.45, 7) is 9.98. The summed E-state index contributed by atoms with van der Waals surface area (Å²) in [5, 5.41) is 76.0. The van der Waals surface area contributed by atoms with Crippen molar-refractivity contribution in [2.45, 2.75) is 136 Å². The second-order valence-corrected chi connectivity index (χ2v) is 17.6. The number of hydrogen-bond acceptors (Lipinski definition) is 15. The van der Waals surface area contributed by atoms with E-state index in [-0.39, 0.29) is 32.3 Å². The number of aliphatic hydroxyl groups is 6. The van der Waals surface area contributed by atoms with Gasteiger partial charge in [-0.25, -0.2) is 0 Å². The Kier molecular flexibility index (Phi) is 12.4. The summed E-state index contributed by atoms with van der Waals surface area (Å²) in [6.07, 6.45) is -8.81. The highest BCUT2D eigenvalue weighted by Crippen LogP contribution is 2.74. The summed E-state index contributed by atoms with van der Waals surface area (Å²) in [5.74, 6) is -7.73. The van der Waals surface area contributed by atoms with Crippen LogP contribution < -0.4 is 0 Å². The number of allylic oxidation sites excluding steroid dienone is 3. The minimum absolute atomic E-state index is 0.0463. The first-order valence-corrected chi connectivity index (χ1v) is 19.3. The van der Waals surface area contributed by atoms with Gasteiger partial charge in [-0.3, -0.25) is 24.0 Å². The van der Waals surface area contributed by atoms with Crippen LogP contribution in [0.5, 0.6) is 0 Å². The molecule has 16 atom stereocenters. The number of ketones is 1. The lowest BCUT2D eigenvalue weighted by Gasteiger charge is -2.65. The van der Waals surface area contributed by atoms with Crippen LogP contribution in [0.2, 0.25) is 0 Å². The molecule has 0 aromatic heterocycles. The van der Waals surface area contributed by atoms with E-state index in [0.717, 1.165) is 5.57 Å². The molecule has 3 saturated carbocycles. The lowest BCUT2D eigenvalue weighted by Crippen LogP contribution is -2.66. The summed E-state index contributed by atoms with van der Waals surface area (Å²) in [5.41, 5.74) is -3.82. The Morgan fingerprint density at radius 2 is 1.61 bits per heavy atom. The van der Waals surface area contributed by atoms with Crippen molar-refractivity contribution in [1.29, 1.82) is 0 Å². The predicted octanol–water partition coefficient (Wildman–Crippen LogP) is 0.958. The molecule has 16 heteroatoms. The summed E-state index contributed by atoms with van der Waals surface area (Å²) >= 11 is 0. The fourth-order valence-electron chi connectivity index (χ4n) is 11.5. The molecular weight excluding hydrogens is 736 g/mol. The number of carboxylic acids is 1. The topological polar surface area (TPSA) is 264 Å². The Morgan fingerprint density at radius 1 is 0.946 bits per heavy atom. The number of aliphatic carboxylic acids is 1. The molecule has 0 radical (unpaired) electrons. The predicted molar refractivity (Wildman–Crippen MR) is 193 cm³/mol. The normalized spacial score (nSPS) is 43.4. The van der Waals surface area contributed by atoms with Crippen molar-refractivity contribution in [3.63, 3.8) is 0 Å². The average Bonchev–Trinajstić information content (AvgIpc) is 3.34. The summed E-state index contributed by atoms with van der Waals surface area (Å²) in [4.78, 5) is 65.4. The third-order valence-electron chi connectivity index (χ3n) is 14.2. The third-order valence-corrected chi connectivity index (χ3v) is 14.2. The number of hydrogen-bond donors (Lipinski definition) is 7. The second kappa shape index (κ2) is 15.8. The van der Waals surface area contributed by atoms with Gasteiger partial charge in [0.1, 0.15) is 42.5 Å². The van der Waals surface area contributed by atoms with Crippen LogP contribution >= 0.6 is 0 Å². The van der Waals surface area contributed by atoms with Gasteiger partial charge in [-0.1, -0.05) is 31.1 Å². The van der Waals surface area contributed by atoms with E-state index >= 15 is 0 Å². The summed E-state index contributed by atoms with van der Waals surface area (Å²) in [6, 6.07) is 0. The maximum Gasteiger partial charge on any atom is 0.318 e. The van der Waals surface area contributed by atoms with Gasteiger partial charge in [0.15, 0.2) is 5.78 Å². The first-order chi connectivity index (χ1) is 26.0. The number of carboxylic acid groups (broad SMARTS) is 1. The smallest absolute Gasteiger partial charge is 0.318 e. The molecule has 0 aromatic rings. The molecule has 16 unspecified atom stereocenters. The molecule has 4 fully saturated rings. The quantitative estimate of drug-likeness (QED) is 0.0665. The van der Waals surface area contributed by atoms with Gasteiger partial charge in [-0.2, -0.15) is 0 Å². The standard InChI is InChI=1S/C40H58O16/c1-18(2)12-21(44)13-22(34(50)51)30-25(45)15-40(17-53-19(3)42)23-8-9-27-37(5,24(23)14-28(46)39(30,40)7)11-10-29(54-20(4)43)38(27,6)36(52)56-35-33(49)32(48)31(47)26(16-41)55-35/h8,12,22,24-33,35,41,45-49H,9-11,13-17H2,1-7H3,(H,50,51). The fraction of sp³-hybridized carbons (Fsp3) is 0.775. The van der Waals surface area contributed by atoms with Crippen molar-refractivity contribution in [2.75, 3.05) is 13.2 Å². The molecule has 0 spiro atoms. The number of carbonyl (C=O) groups excluding carboxylic acids is 4. The number of esters is 3. The van der Waals surface area contributed by atoms with E-state index in [1.165, 1.54) is 19.9 Å². The van der Waals surface area contributed by atoms with Crippen molar-refractivity contribution in [3.8, 4) is 0 Å². The van der Waals surface area contributed by atoms with E-state index in [1.54, 1.807) is 27.7 Å². The lowest BCUT2D eigenvalue weighted by atomic mass is 9.40. The molecule has 0 aromatic carbocycles. The summed E-state index contributed by atoms with van der Waals surface area (Å²) < 4.78 is 22.7. The van der Waals surface area contributed by atoms with Crippen LogP contribution in [0.1, 0.15) is 87.0 Å². The van der Waals surface area contributed by atoms with E-state index in [2.05, 4.69) is 0 Å². The molecule has 314 valence electrons. The molecule has 1 heterocycles. The maximum atomic E-state index is 14.5. The minimum Gasteiger partial charge on any atom is -0.481 e. The van der Waals surface area contributed by atoms with Crippen molar-refractivity contribution < 1.29 is 78.7 Å². The molecule has 16 nitrogen and oxygen atoms in total. The SMILES string of the molecule is CC(=O)OCC12CC(O)C(C(CC(=O)C=C(C)C)C(=O)O)C1(C)C(O)CC1C2=CCC2C1(C)CCC(OC(C)=O)C2(C)C(=O)OC1OC(CO)C(O)C(O)C1O. The highest BCUT2D eigenvalue weighted by atomic mass is 16.7. The molecule has 5 rings (SSSR count). The van der Waals surface area contributed by atoms with Gasteiger partial charge < -0.3 is 54.7 Å². The van der Waals surface area contributed by atoms with E-state index in [0.29, 0.717) is 12.0 Å². The van der Waals surface area contributed by atoms with Crippen LogP contribution in [-0.4, -0.2) is 128 Å². The number of ether oxygens (including phenoxy) is 4. The average molecular weight is 795 g/mol. The molecule has 4 aliphatic carbocycles. The Morgan fingerprint density at radius 3 is 2.18 bits per heavy atom. The van der Waals surface area contributed by atoms with Crippen LogP contribution in [0, 0.1) is 45.3 Å². The Labute approximate surface area is 325 Å². The Hall–Kier alpha value is -3.25. The Balaban J connectivity index is 1.61. The van der Waals surface area contributed by atoms with Gasteiger partial charge in [0.05, 0.1) is 24.7 Å². The maximum absolute atomic E-state index is 14.5. The van der Waals surface area contributed by atoms with E-state index in [1.807, 2.05) is 13.0 Å². The number of aliphatic hydroxyl groups excluding tert-OH is 6. The molecule has 1 aliphatic heterocycles. The van der Waals surface area contributed by atoms with Crippen molar-refractivity contribution in [3.05, 3.63) is 23.3 Å². The van der Waals surface area contributed by atoms with Gasteiger partial charge in [-0.05, 0) is 76.2 Å². The molecule has 0 bridgehead atoms. The molecular formula is C40H58O16. The molecule has 1 saturated heterocycles. The minimum atomic E-state index is -1.89. The van der Waals surface area contributed by atoms with E-state index in [9.17, 15) is 59.7 Å². The molecule has 0 amide bonds. The number of fused-ring (bicyclic) bond motifs is 5. The highest BCUT2D eigenvalue weighted by molar-refractivity contribution is 5.93. The second-order valence-electron chi connectivity index (χ2n) is 17.6. The van der Waals surface area contributed by atoms with Crippen LogP contribution in [0.3, 0.4) is 0 Å². The largest absolute Gasteiger partial charge is 0.481 e. The van der Waals surface area contributed by atoms with Gasteiger partial charge in [0.2, 0.25) is 6.29 Å². The monoisotopic (exact) mass is 794 g/mol. The first-order valence-electron chi connectivity index (χ1n) is 19.3. The van der Waals surface area contributed by atoms with Gasteiger partial charge >= 0.3 is 23.9 Å². The zero-order valence-electron chi connectivity index (χ0n) is 33.0. The van der Waals surface area contributed by atoms with Crippen LogP contribution in [-0.2, 0) is 42.9 Å². The van der Waals surface area contributed by atoms with Gasteiger partial charge in [-0.15, -0.1) is 0 Å². The molecule has 5 aliphatic rings. The van der Waals surface area contributed by atoms with Gasteiger partial charge in [0.25, 0.3) is 0 Å². The van der Waals surface area contributed by atoms with Crippen molar-refractivity contribution in [2.24, 2.45) is 45.3 Å². The Bertz CT molecular complexity index is 1630. The van der Waals surface area contributed by atoms with Crippen LogP contribution in [0.15, 0.2) is 23.3 Å². The van der Waals surface area contributed by atoms with Crippen molar-refractivity contribution in [1.82, 2.24) is 0 Å². The zero-order chi connectivity index (χ0) is 41.9. The number of carbonyl (C=O) groups is 5. The van der Waals surface area contributed by atoms with Crippen LogP contribution in [0.4, 0.5) is 0 Å². The van der Waals surface area contributed by atoms with E-state index < -0.39 is 137 Å². The summed E-state index contributed by atoms with van der Waals surface area (Å²) in [7, 11) is 0. The van der Waals surface area contributed by atoms with Crippen molar-refractivity contribution >= 4 is 29.7 Å². The third kappa shape index (κ3) is 7.02. The molecule has 7 N–H and O–H groups in total. The fourth-order valence-corrected chi connectivity index (χ4v) is 11.5.